The van der Waals surface area contributed by atoms with Crippen LogP contribution in [-0.2, 0) is 15.6 Å². The Morgan fingerprint density at radius 1 is 1.67 bits per heavy atom. The Morgan fingerprint density at radius 3 is 2.56 bits per heavy atom. The molecule has 0 spiro atoms. The largest absolute Gasteiger partial charge is 0.370 e. The molecule has 0 heterocycles. The van der Waals surface area contributed by atoms with Gasteiger partial charge in [0.2, 0.25) is 5.91 Å². The molecule has 1 amide bonds. The molecule has 0 aliphatic rings. The number of hydrogen-bond acceptors (Lipinski definition) is 2. The van der Waals surface area contributed by atoms with Crippen LogP contribution in [0.2, 0.25) is 0 Å². The number of primary amides is 1. The zero-order valence-electron chi connectivity index (χ0n) is 5.42. The molecule has 0 saturated carbocycles. The zero-order valence-corrected chi connectivity index (χ0v) is 6.24. The van der Waals surface area contributed by atoms with Gasteiger partial charge in [-0.3, -0.25) is 9.00 Å². The summed E-state index contributed by atoms with van der Waals surface area (Å²) in [6, 6.07) is 0. The fraction of sp³-hybridized carbons (Fsp3) is 0.800. The van der Waals surface area contributed by atoms with Gasteiger partial charge in [0.05, 0.1) is 0 Å². The first kappa shape index (κ1) is 8.62. The fourth-order valence-electron chi connectivity index (χ4n) is 0.450. The molecule has 54 valence electrons. The molecule has 4 heteroatoms. The second kappa shape index (κ2) is 4.49. The zero-order chi connectivity index (χ0) is 7.28. The standard InChI is InChI=1S/C5H11NO2S/c1-9(8)4-2-3-5(6)7/h2-4H2,1H3,(H2,6,7). The SMILES string of the molecule is CS(=O)CCCC(N)=O. The van der Waals surface area contributed by atoms with Crippen molar-refractivity contribution in [3.63, 3.8) is 0 Å². The minimum atomic E-state index is -0.790. The van der Waals surface area contributed by atoms with Gasteiger partial charge in [0.1, 0.15) is 0 Å². The average molecular weight is 149 g/mol. The van der Waals surface area contributed by atoms with E-state index in [0.717, 1.165) is 0 Å². The van der Waals surface area contributed by atoms with E-state index in [-0.39, 0.29) is 5.91 Å². The van der Waals surface area contributed by atoms with E-state index in [0.29, 0.717) is 18.6 Å². The third kappa shape index (κ3) is 7.62. The third-order valence-electron chi connectivity index (χ3n) is 0.855. The number of carbonyl (C=O) groups is 1. The van der Waals surface area contributed by atoms with Crippen LogP contribution in [0.5, 0.6) is 0 Å². The summed E-state index contributed by atoms with van der Waals surface area (Å²) in [4.78, 5) is 10.1. The van der Waals surface area contributed by atoms with Gasteiger partial charge in [-0.05, 0) is 6.42 Å². The van der Waals surface area contributed by atoms with Gasteiger partial charge in [-0.15, -0.1) is 0 Å². The van der Waals surface area contributed by atoms with E-state index < -0.39 is 10.8 Å². The van der Waals surface area contributed by atoms with Crippen molar-refractivity contribution >= 4 is 16.7 Å². The molecule has 1 atom stereocenters. The molecule has 0 aromatic heterocycles. The van der Waals surface area contributed by atoms with Crippen molar-refractivity contribution in [1.82, 2.24) is 0 Å². The molecule has 0 bridgehead atoms. The Morgan fingerprint density at radius 2 is 2.22 bits per heavy atom. The quantitative estimate of drug-likeness (QED) is 0.593. The summed E-state index contributed by atoms with van der Waals surface area (Å²) in [5, 5.41) is 0. The van der Waals surface area contributed by atoms with E-state index in [1.165, 1.54) is 0 Å². The van der Waals surface area contributed by atoms with Gasteiger partial charge in [0.15, 0.2) is 0 Å². The van der Waals surface area contributed by atoms with Gasteiger partial charge in [-0.1, -0.05) is 0 Å². The van der Waals surface area contributed by atoms with Crippen molar-refractivity contribution in [2.24, 2.45) is 5.73 Å². The highest BCUT2D eigenvalue weighted by molar-refractivity contribution is 7.84. The lowest BCUT2D eigenvalue weighted by Crippen LogP contribution is -2.11. The van der Waals surface area contributed by atoms with E-state index in [1.807, 2.05) is 0 Å². The van der Waals surface area contributed by atoms with Crippen LogP contribution in [0.15, 0.2) is 0 Å². The summed E-state index contributed by atoms with van der Waals surface area (Å²) in [6.07, 6.45) is 2.60. The van der Waals surface area contributed by atoms with E-state index in [1.54, 1.807) is 6.26 Å². The summed E-state index contributed by atoms with van der Waals surface area (Å²) < 4.78 is 10.4. The predicted octanol–water partition coefficient (Wildman–Crippen LogP) is -0.370. The normalized spacial score (nSPS) is 13.0. The van der Waals surface area contributed by atoms with Gasteiger partial charge >= 0.3 is 0 Å². The van der Waals surface area contributed by atoms with Crippen LogP contribution >= 0.6 is 0 Å². The summed E-state index contributed by atoms with van der Waals surface area (Å²) in [5.41, 5.74) is 4.84. The topological polar surface area (TPSA) is 60.2 Å². The van der Waals surface area contributed by atoms with Crippen molar-refractivity contribution in [1.29, 1.82) is 0 Å². The van der Waals surface area contributed by atoms with Gasteiger partial charge in [0.25, 0.3) is 0 Å². The van der Waals surface area contributed by atoms with Crippen molar-refractivity contribution < 1.29 is 9.00 Å². The lowest BCUT2D eigenvalue weighted by Gasteiger charge is -1.91. The number of hydrogen-bond donors (Lipinski definition) is 1. The maximum absolute atomic E-state index is 10.4. The van der Waals surface area contributed by atoms with E-state index in [2.05, 4.69) is 0 Å². The Balaban J connectivity index is 3.10. The van der Waals surface area contributed by atoms with E-state index in [4.69, 9.17) is 5.73 Å². The first-order chi connectivity index (χ1) is 4.13. The molecule has 0 aromatic carbocycles. The summed E-state index contributed by atoms with van der Waals surface area (Å²) in [5.74, 6) is 0.253. The highest BCUT2D eigenvalue weighted by Gasteiger charge is 1.94. The lowest BCUT2D eigenvalue weighted by molar-refractivity contribution is -0.118. The highest BCUT2D eigenvalue weighted by atomic mass is 32.2. The number of amides is 1. The van der Waals surface area contributed by atoms with Crippen LogP contribution in [0, 0.1) is 0 Å². The number of carbonyl (C=O) groups excluding carboxylic acids is 1. The van der Waals surface area contributed by atoms with Crippen LogP contribution in [0.4, 0.5) is 0 Å². The molecule has 0 saturated heterocycles. The molecular formula is C5H11NO2S. The molecule has 9 heavy (non-hydrogen) atoms. The number of rotatable bonds is 4. The molecular weight excluding hydrogens is 138 g/mol. The van der Waals surface area contributed by atoms with Crippen LogP contribution in [0.3, 0.4) is 0 Å². The molecule has 1 unspecified atom stereocenters. The first-order valence-corrected chi connectivity index (χ1v) is 4.44. The van der Waals surface area contributed by atoms with Crippen LogP contribution in [-0.4, -0.2) is 22.1 Å². The summed E-state index contributed by atoms with van der Waals surface area (Å²) >= 11 is 0. The molecule has 0 aliphatic heterocycles. The van der Waals surface area contributed by atoms with Gasteiger partial charge < -0.3 is 5.73 Å². The van der Waals surface area contributed by atoms with Crippen molar-refractivity contribution in [2.45, 2.75) is 12.8 Å². The Labute approximate surface area is 57.1 Å². The second-order valence-electron chi connectivity index (χ2n) is 1.85. The van der Waals surface area contributed by atoms with Gasteiger partial charge in [-0.25, -0.2) is 0 Å². The van der Waals surface area contributed by atoms with Crippen LogP contribution < -0.4 is 5.73 Å². The van der Waals surface area contributed by atoms with Crippen LogP contribution in [0.1, 0.15) is 12.8 Å². The van der Waals surface area contributed by atoms with Crippen molar-refractivity contribution in [3.05, 3.63) is 0 Å². The molecule has 0 rings (SSSR count). The van der Waals surface area contributed by atoms with Crippen molar-refractivity contribution in [2.75, 3.05) is 12.0 Å². The smallest absolute Gasteiger partial charge is 0.217 e. The molecule has 0 aliphatic carbocycles. The van der Waals surface area contributed by atoms with Crippen LogP contribution in [0.25, 0.3) is 0 Å². The highest BCUT2D eigenvalue weighted by Crippen LogP contribution is 1.88. The molecule has 2 N–H and O–H groups in total. The molecule has 0 radical (unpaired) electrons. The third-order valence-corrected chi connectivity index (χ3v) is 1.72. The Bertz CT molecular complexity index is 110. The molecule has 3 nitrogen and oxygen atoms in total. The fourth-order valence-corrected chi connectivity index (χ4v) is 1.00. The van der Waals surface area contributed by atoms with E-state index >= 15 is 0 Å². The number of nitrogens with two attached hydrogens (primary N) is 1. The maximum Gasteiger partial charge on any atom is 0.217 e. The first-order valence-electron chi connectivity index (χ1n) is 2.71. The maximum atomic E-state index is 10.4. The minimum absolute atomic E-state index is 0.319. The second-order valence-corrected chi connectivity index (χ2v) is 3.40. The monoisotopic (exact) mass is 149 g/mol. The summed E-state index contributed by atoms with van der Waals surface area (Å²) in [6.45, 7) is 0. The summed E-state index contributed by atoms with van der Waals surface area (Å²) in [7, 11) is -0.790. The minimum Gasteiger partial charge on any atom is -0.370 e. The molecule has 0 aromatic rings. The van der Waals surface area contributed by atoms with Gasteiger partial charge in [-0.2, -0.15) is 0 Å². The Hall–Kier alpha value is -0.380. The van der Waals surface area contributed by atoms with E-state index in [9.17, 15) is 9.00 Å². The lowest BCUT2D eigenvalue weighted by atomic mass is 10.3. The Kier molecular flexibility index (Phi) is 4.30. The average Bonchev–Trinajstić information content (AvgIpc) is 1.63. The predicted molar refractivity (Wildman–Crippen MR) is 37.4 cm³/mol. The molecule has 0 fully saturated rings. The van der Waals surface area contributed by atoms with Gasteiger partial charge in [0, 0.05) is 29.2 Å². The van der Waals surface area contributed by atoms with Crippen molar-refractivity contribution in [3.8, 4) is 0 Å².